The van der Waals surface area contributed by atoms with Crippen molar-refractivity contribution in [1.82, 2.24) is 9.97 Å². The molecule has 0 N–H and O–H groups in total. The second-order valence-corrected chi connectivity index (χ2v) is 8.59. The number of benzene rings is 2. The van der Waals surface area contributed by atoms with Crippen LogP contribution in [0, 0.1) is 24.7 Å². The van der Waals surface area contributed by atoms with Crippen molar-refractivity contribution < 1.29 is 13.6 Å². The summed E-state index contributed by atoms with van der Waals surface area (Å²) in [5.74, 6) is 5.62. The van der Waals surface area contributed by atoms with E-state index in [1.54, 1.807) is 12.1 Å². The van der Waals surface area contributed by atoms with E-state index in [2.05, 4.69) is 21.8 Å². The van der Waals surface area contributed by atoms with Gasteiger partial charge in [0.05, 0.1) is 0 Å². The lowest BCUT2D eigenvalue weighted by molar-refractivity contribution is -0.00106. The van der Waals surface area contributed by atoms with E-state index in [9.17, 15) is 0 Å². The van der Waals surface area contributed by atoms with Crippen LogP contribution in [-0.4, -0.2) is 9.97 Å². The lowest BCUT2D eigenvalue weighted by Gasteiger charge is -2.27. The van der Waals surface area contributed by atoms with E-state index in [-0.39, 0.29) is 11.8 Å². The zero-order valence-electron chi connectivity index (χ0n) is 13.6. The molecule has 5 nitrogen and oxygen atoms in total. The first-order chi connectivity index (χ1) is 13.0. The number of aromatic nitrogens is 2. The molecule has 0 amide bonds. The summed E-state index contributed by atoms with van der Waals surface area (Å²) in [7, 11) is 0. The molecule has 2 aromatic carbocycles. The Morgan fingerprint density at radius 2 is 1.19 bits per heavy atom. The van der Waals surface area contributed by atoms with E-state index >= 15 is 0 Å². The molecule has 27 heavy (non-hydrogen) atoms. The average Bonchev–Trinajstić information content (AvgIpc) is 3.32. The molecule has 132 valence electrons. The molecule has 4 rings (SSSR count). The molecule has 2 unspecified atom stereocenters. The van der Waals surface area contributed by atoms with Crippen molar-refractivity contribution in [3.63, 3.8) is 0 Å². The minimum absolute atomic E-state index is 0.221. The van der Waals surface area contributed by atoms with Gasteiger partial charge in [-0.2, -0.15) is 0 Å². The third-order valence-electron chi connectivity index (χ3n) is 3.79. The third kappa shape index (κ3) is 3.20. The van der Waals surface area contributed by atoms with Gasteiger partial charge in [-0.05, 0) is 69.4 Å². The van der Waals surface area contributed by atoms with Crippen LogP contribution in [0.3, 0.4) is 0 Å². The van der Waals surface area contributed by atoms with Gasteiger partial charge in [0.1, 0.15) is 11.0 Å². The lowest BCUT2D eigenvalue weighted by atomic mass is 10.3. The molecule has 4 aromatic rings. The van der Waals surface area contributed by atoms with Gasteiger partial charge >= 0.3 is 0 Å². The zero-order chi connectivity index (χ0) is 19.1. The SMILES string of the molecule is C#CC(I)(OC(I)(C#C)c1nc2ccccc2o1)c1nc2ccccc2o1. The number of rotatable bonds is 4. The molecule has 0 aliphatic rings. The van der Waals surface area contributed by atoms with E-state index in [1.165, 1.54) is 0 Å². The summed E-state index contributed by atoms with van der Waals surface area (Å²) < 4.78 is 15.0. The molecule has 0 saturated heterocycles. The Morgan fingerprint density at radius 3 is 1.56 bits per heavy atom. The first kappa shape index (κ1) is 18.3. The molecule has 2 atom stereocenters. The third-order valence-corrected chi connectivity index (χ3v) is 5.78. The summed E-state index contributed by atoms with van der Waals surface area (Å²) in [6.07, 6.45) is 11.5. The Kier molecular flexibility index (Phi) is 4.62. The molecular formula is C20H10I2N2O3. The molecule has 0 saturated carbocycles. The number of hydrogen-bond donors (Lipinski definition) is 0. The van der Waals surface area contributed by atoms with Crippen molar-refractivity contribution in [2.75, 3.05) is 0 Å². The number of fused-ring (bicyclic) bond motifs is 2. The van der Waals surface area contributed by atoms with Crippen molar-refractivity contribution >= 4 is 67.4 Å². The maximum Gasteiger partial charge on any atom is 0.259 e. The largest absolute Gasteiger partial charge is 0.436 e. The minimum atomic E-state index is -1.36. The molecule has 0 radical (unpaired) electrons. The maximum atomic E-state index is 6.14. The summed E-state index contributed by atoms with van der Waals surface area (Å²) >= 11 is 3.90. The van der Waals surface area contributed by atoms with E-state index in [0.717, 1.165) is 0 Å². The van der Waals surface area contributed by atoms with Crippen molar-refractivity contribution in [2.45, 2.75) is 7.22 Å². The second-order valence-electron chi connectivity index (χ2n) is 5.55. The Bertz CT molecular complexity index is 1070. The summed E-state index contributed by atoms with van der Waals surface area (Å²) in [5, 5.41) is 0. The number of halogens is 2. The fourth-order valence-electron chi connectivity index (χ4n) is 2.48. The monoisotopic (exact) mass is 580 g/mol. The Hall–Kier alpha value is -2.08. The second kappa shape index (κ2) is 6.82. The highest BCUT2D eigenvalue weighted by molar-refractivity contribution is 14.1. The number of terminal acetylenes is 2. The Balaban J connectivity index is 1.77. The first-order valence-corrected chi connectivity index (χ1v) is 9.89. The molecule has 2 aromatic heterocycles. The van der Waals surface area contributed by atoms with E-state index in [4.69, 9.17) is 26.4 Å². The van der Waals surface area contributed by atoms with Gasteiger partial charge in [0, 0.05) is 0 Å². The van der Waals surface area contributed by atoms with Gasteiger partial charge in [-0.3, -0.25) is 0 Å². The number of ether oxygens (including phenoxy) is 1. The van der Waals surface area contributed by atoms with Crippen molar-refractivity contribution in [3.05, 3.63) is 60.3 Å². The summed E-state index contributed by atoms with van der Waals surface area (Å²) in [5.41, 5.74) is 2.56. The van der Waals surface area contributed by atoms with Gasteiger partial charge in [-0.15, -0.1) is 12.8 Å². The highest BCUT2D eigenvalue weighted by atomic mass is 127. The van der Waals surface area contributed by atoms with Crippen LogP contribution in [-0.2, 0) is 12.0 Å². The summed E-state index contributed by atoms with van der Waals surface area (Å²) in [6.45, 7) is 0. The highest BCUT2D eigenvalue weighted by Gasteiger charge is 2.46. The van der Waals surface area contributed by atoms with Crippen molar-refractivity contribution in [3.8, 4) is 24.7 Å². The smallest absolute Gasteiger partial charge is 0.259 e. The molecule has 0 aliphatic heterocycles. The molecule has 0 spiro atoms. The fraction of sp³-hybridized carbons (Fsp3) is 0.100. The average molecular weight is 580 g/mol. The van der Waals surface area contributed by atoms with Crippen molar-refractivity contribution in [1.29, 1.82) is 0 Å². The number of alkyl halides is 2. The van der Waals surface area contributed by atoms with Gasteiger partial charge in [0.2, 0.25) is 0 Å². The predicted molar refractivity (Wildman–Crippen MR) is 118 cm³/mol. The number of nitrogens with zero attached hydrogens (tertiary/aromatic N) is 2. The van der Waals surface area contributed by atoms with Gasteiger partial charge in [0.15, 0.2) is 11.2 Å². The van der Waals surface area contributed by atoms with Gasteiger partial charge in [0.25, 0.3) is 19.0 Å². The van der Waals surface area contributed by atoms with Crippen LogP contribution in [0.4, 0.5) is 0 Å². The van der Waals surface area contributed by atoms with Gasteiger partial charge < -0.3 is 13.6 Å². The zero-order valence-corrected chi connectivity index (χ0v) is 18.0. The predicted octanol–water partition coefficient (Wildman–Crippen LogP) is 5.13. The first-order valence-electron chi connectivity index (χ1n) is 7.73. The van der Waals surface area contributed by atoms with Crippen LogP contribution in [0.5, 0.6) is 0 Å². The number of hydrogen-bond acceptors (Lipinski definition) is 5. The quantitative estimate of drug-likeness (QED) is 0.191. The van der Waals surface area contributed by atoms with Crippen LogP contribution in [0.25, 0.3) is 22.2 Å². The fourth-order valence-corrected chi connectivity index (χ4v) is 4.03. The van der Waals surface area contributed by atoms with E-state index < -0.39 is 7.22 Å². The summed E-state index contributed by atoms with van der Waals surface area (Å²) in [4.78, 5) is 8.89. The van der Waals surface area contributed by atoms with Gasteiger partial charge in [-0.25, -0.2) is 9.97 Å². The molecule has 7 heteroatoms. The standard InChI is InChI=1S/C20H10I2N2O3/c1-3-19(21,17-23-13-9-5-7-11-15(13)25-17)27-20(22,4-2)18-24-14-10-6-8-12-16(14)26-18/h1-2,5-12H. The van der Waals surface area contributed by atoms with Crippen LogP contribution < -0.4 is 0 Å². The molecule has 0 fully saturated rings. The number of oxazole rings is 2. The maximum absolute atomic E-state index is 6.14. The molecule has 2 heterocycles. The topological polar surface area (TPSA) is 61.3 Å². The van der Waals surface area contributed by atoms with Gasteiger partial charge in [-0.1, -0.05) is 36.1 Å². The van der Waals surface area contributed by atoms with Crippen molar-refractivity contribution in [2.24, 2.45) is 0 Å². The number of para-hydroxylation sites is 4. The Labute approximate surface area is 182 Å². The molecule has 0 bridgehead atoms. The van der Waals surface area contributed by atoms with E-state index in [1.807, 2.05) is 81.6 Å². The van der Waals surface area contributed by atoms with Crippen LogP contribution >= 0.6 is 45.2 Å². The summed E-state index contributed by atoms with van der Waals surface area (Å²) in [6, 6.07) is 14.7. The molecular weight excluding hydrogens is 570 g/mol. The van der Waals surface area contributed by atoms with Crippen LogP contribution in [0.15, 0.2) is 57.4 Å². The van der Waals surface area contributed by atoms with Crippen LogP contribution in [0.1, 0.15) is 11.8 Å². The normalized spacial score (nSPS) is 15.7. The van der Waals surface area contributed by atoms with Crippen LogP contribution in [0.2, 0.25) is 0 Å². The molecule has 0 aliphatic carbocycles. The lowest BCUT2D eigenvalue weighted by Crippen LogP contribution is -2.32. The minimum Gasteiger partial charge on any atom is -0.436 e. The van der Waals surface area contributed by atoms with E-state index in [0.29, 0.717) is 22.2 Å². The Morgan fingerprint density at radius 1 is 0.778 bits per heavy atom. The highest BCUT2D eigenvalue weighted by Crippen LogP contribution is 2.44.